The summed E-state index contributed by atoms with van der Waals surface area (Å²) in [7, 11) is 0. The molecular formula is C12H16N2. The van der Waals surface area contributed by atoms with E-state index in [1.165, 1.54) is 5.56 Å². The van der Waals surface area contributed by atoms with Gasteiger partial charge in [-0.1, -0.05) is 12.7 Å². The number of H-pyrrole nitrogens is 1. The van der Waals surface area contributed by atoms with Crippen molar-refractivity contribution in [2.24, 2.45) is 4.99 Å². The number of aliphatic imine (C=N–C) groups is 1. The summed E-state index contributed by atoms with van der Waals surface area (Å²) in [6, 6.07) is 2.04. The molecule has 1 aromatic rings. The number of aromatic nitrogens is 1. The third kappa shape index (κ3) is 2.46. The van der Waals surface area contributed by atoms with Crippen LogP contribution in [0.1, 0.15) is 25.1 Å². The lowest BCUT2D eigenvalue weighted by atomic mass is 10.2. The lowest BCUT2D eigenvalue weighted by Crippen LogP contribution is -1.95. The Morgan fingerprint density at radius 2 is 2.21 bits per heavy atom. The molecule has 1 aromatic heterocycles. The summed E-state index contributed by atoms with van der Waals surface area (Å²) in [5.41, 5.74) is 4.32. The van der Waals surface area contributed by atoms with Crippen LogP contribution in [0.25, 0.3) is 0 Å². The van der Waals surface area contributed by atoms with E-state index >= 15 is 0 Å². The van der Waals surface area contributed by atoms with Crippen LogP contribution in [0.4, 0.5) is 0 Å². The summed E-state index contributed by atoms with van der Waals surface area (Å²) in [4.78, 5) is 7.59. The fraction of sp³-hybridized carbons (Fsp3) is 0.250. The van der Waals surface area contributed by atoms with Crippen LogP contribution in [0.15, 0.2) is 41.7 Å². The predicted octanol–water partition coefficient (Wildman–Crippen LogP) is 3.22. The summed E-state index contributed by atoms with van der Waals surface area (Å²) in [6.07, 6.45) is 5.57. The molecule has 0 spiro atoms. The molecule has 2 heteroatoms. The van der Waals surface area contributed by atoms with Crippen LogP contribution in [0, 0.1) is 6.92 Å². The van der Waals surface area contributed by atoms with Gasteiger partial charge in [-0.25, -0.2) is 0 Å². The van der Waals surface area contributed by atoms with Crippen LogP contribution in [-0.4, -0.2) is 10.7 Å². The highest BCUT2D eigenvalue weighted by molar-refractivity contribution is 6.00. The average molecular weight is 188 g/mol. The SMILES string of the molecule is C=C/C=C(C)/N=C(/C)c1cc[nH]c1C. The van der Waals surface area contributed by atoms with Gasteiger partial charge in [0, 0.05) is 28.9 Å². The molecule has 0 saturated carbocycles. The zero-order valence-corrected chi connectivity index (χ0v) is 8.96. The second-order valence-corrected chi connectivity index (χ2v) is 3.26. The monoisotopic (exact) mass is 188 g/mol. The average Bonchev–Trinajstić information content (AvgIpc) is 2.51. The summed E-state index contributed by atoms with van der Waals surface area (Å²) < 4.78 is 0. The molecule has 0 aliphatic heterocycles. The molecule has 1 N–H and O–H groups in total. The van der Waals surface area contributed by atoms with Gasteiger partial charge >= 0.3 is 0 Å². The minimum Gasteiger partial charge on any atom is -0.365 e. The molecule has 1 rings (SSSR count). The lowest BCUT2D eigenvalue weighted by molar-refractivity contribution is 1.24. The number of aromatic amines is 1. The molecule has 14 heavy (non-hydrogen) atoms. The number of hydrogen-bond acceptors (Lipinski definition) is 1. The van der Waals surface area contributed by atoms with Gasteiger partial charge in [-0.3, -0.25) is 4.99 Å². The van der Waals surface area contributed by atoms with Crippen molar-refractivity contribution in [1.82, 2.24) is 4.98 Å². The second-order valence-electron chi connectivity index (χ2n) is 3.26. The number of allylic oxidation sites excluding steroid dienone is 3. The number of hydrogen-bond donors (Lipinski definition) is 1. The van der Waals surface area contributed by atoms with Crippen molar-refractivity contribution in [3.05, 3.63) is 47.9 Å². The summed E-state index contributed by atoms with van der Waals surface area (Å²) in [6.45, 7) is 9.65. The molecule has 0 aliphatic rings. The van der Waals surface area contributed by atoms with Crippen LogP contribution in [-0.2, 0) is 0 Å². The van der Waals surface area contributed by atoms with Gasteiger partial charge in [0.25, 0.3) is 0 Å². The number of aryl methyl sites for hydroxylation is 1. The Labute approximate surface area is 85.1 Å². The largest absolute Gasteiger partial charge is 0.365 e. The second kappa shape index (κ2) is 4.61. The zero-order chi connectivity index (χ0) is 10.6. The van der Waals surface area contributed by atoms with Gasteiger partial charge < -0.3 is 4.98 Å². The maximum atomic E-state index is 4.46. The molecule has 1 heterocycles. The normalized spacial score (nSPS) is 13.1. The first-order valence-corrected chi connectivity index (χ1v) is 4.64. The van der Waals surface area contributed by atoms with Gasteiger partial charge in [-0.05, 0) is 32.9 Å². The third-order valence-electron chi connectivity index (χ3n) is 2.05. The topological polar surface area (TPSA) is 28.1 Å². The maximum absolute atomic E-state index is 4.46. The number of nitrogens with one attached hydrogen (secondary N) is 1. The Hall–Kier alpha value is -1.57. The molecule has 0 aromatic carbocycles. The number of rotatable bonds is 3. The van der Waals surface area contributed by atoms with Crippen LogP contribution in [0.2, 0.25) is 0 Å². The smallest absolute Gasteiger partial charge is 0.0465 e. The molecule has 0 bridgehead atoms. The molecule has 0 radical (unpaired) electrons. The van der Waals surface area contributed by atoms with E-state index in [-0.39, 0.29) is 0 Å². The van der Waals surface area contributed by atoms with Crippen LogP contribution >= 0.6 is 0 Å². The van der Waals surface area contributed by atoms with E-state index < -0.39 is 0 Å². The minimum atomic E-state index is 0.970. The maximum Gasteiger partial charge on any atom is 0.0465 e. The van der Waals surface area contributed by atoms with Crippen LogP contribution in [0.3, 0.4) is 0 Å². The molecule has 0 saturated heterocycles. The van der Waals surface area contributed by atoms with Crippen molar-refractivity contribution >= 4 is 5.71 Å². The molecule has 0 unspecified atom stereocenters. The van der Waals surface area contributed by atoms with E-state index in [2.05, 4.69) is 16.6 Å². The summed E-state index contributed by atoms with van der Waals surface area (Å²) in [5, 5.41) is 0. The van der Waals surface area contributed by atoms with Gasteiger partial charge in [0.15, 0.2) is 0 Å². The Morgan fingerprint density at radius 3 is 2.71 bits per heavy atom. The molecule has 0 aliphatic carbocycles. The van der Waals surface area contributed by atoms with E-state index in [0.29, 0.717) is 0 Å². The standard InChI is InChI=1S/C12H16N2/c1-5-6-9(2)14-11(4)12-7-8-13-10(12)3/h5-8,13H,1H2,2-4H3/b9-6+,14-11-. The third-order valence-corrected chi connectivity index (χ3v) is 2.05. The van der Waals surface area contributed by atoms with Gasteiger partial charge in [-0.2, -0.15) is 0 Å². The first kappa shape index (κ1) is 10.5. The molecule has 74 valence electrons. The van der Waals surface area contributed by atoms with Crippen LogP contribution < -0.4 is 0 Å². The number of nitrogens with zero attached hydrogens (tertiary/aromatic N) is 1. The van der Waals surface area contributed by atoms with Crippen molar-refractivity contribution in [3.8, 4) is 0 Å². The molecular weight excluding hydrogens is 172 g/mol. The first-order valence-electron chi connectivity index (χ1n) is 4.64. The lowest BCUT2D eigenvalue weighted by Gasteiger charge is -1.99. The van der Waals surface area contributed by atoms with Crippen molar-refractivity contribution in [2.45, 2.75) is 20.8 Å². The van der Waals surface area contributed by atoms with Crippen molar-refractivity contribution in [2.75, 3.05) is 0 Å². The van der Waals surface area contributed by atoms with Crippen molar-refractivity contribution < 1.29 is 0 Å². The molecule has 0 atom stereocenters. The first-order chi connectivity index (χ1) is 6.65. The Morgan fingerprint density at radius 1 is 1.50 bits per heavy atom. The molecule has 0 fully saturated rings. The van der Waals surface area contributed by atoms with E-state index in [0.717, 1.165) is 17.1 Å². The van der Waals surface area contributed by atoms with E-state index in [9.17, 15) is 0 Å². The summed E-state index contributed by atoms with van der Waals surface area (Å²) in [5.74, 6) is 0. The molecule has 0 amide bonds. The fourth-order valence-corrected chi connectivity index (χ4v) is 1.38. The van der Waals surface area contributed by atoms with Gasteiger partial charge in [0.2, 0.25) is 0 Å². The highest BCUT2D eigenvalue weighted by Crippen LogP contribution is 2.08. The highest BCUT2D eigenvalue weighted by Gasteiger charge is 2.01. The Kier molecular flexibility index (Phi) is 3.46. The van der Waals surface area contributed by atoms with E-state index in [1.54, 1.807) is 6.08 Å². The fourth-order valence-electron chi connectivity index (χ4n) is 1.38. The van der Waals surface area contributed by atoms with Crippen LogP contribution in [0.5, 0.6) is 0 Å². The molecule has 2 nitrogen and oxygen atoms in total. The highest BCUT2D eigenvalue weighted by atomic mass is 14.8. The van der Waals surface area contributed by atoms with Crippen molar-refractivity contribution in [3.63, 3.8) is 0 Å². The van der Waals surface area contributed by atoms with E-state index in [1.807, 2.05) is 39.1 Å². The Balaban J connectivity index is 2.95. The Bertz CT molecular complexity index is 381. The zero-order valence-electron chi connectivity index (χ0n) is 8.96. The quantitative estimate of drug-likeness (QED) is 0.557. The predicted molar refractivity (Wildman–Crippen MR) is 61.7 cm³/mol. The minimum absolute atomic E-state index is 0.970. The van der Waals surface area contributed by atoms with Gasteiger partial charge in [-0.15, -0.1) is 0 Å². The van der Waals surface area contributed by atoms with Gasteiger partial charge in [0.05, 0.1) is 0 Å². The van der Waals surface area contributed by atoms with Crippen molar-refractivity contribution in [1.29, 1.82) is 0 Å². The van der Waals surface area contributed by atoms with E-state index in [4.69, 9.17) is 0 Å². The summed E-state index contributed by atoms with van der Waals surface area (Å²) >= 11 is 0. The van der Waals surface area contributed by atoms with Gasteiger partial charge in [0.1, 0.15) is 0 Å².